The van der Waals surface area contributed by atoms with Crippen LogP contribution in [0.4, 0.5) is 0 Å². The van der Waals surface area contributed by atoms with Crippen LogP contribution in [0.5, 0.6) is 0 Å². The monoisotopic (exact) mass is 662 g/mol. The van der Waals surface area contributed by atoms with Gasteiger partial charge in [0, 0.05) is 48.8 Å². The number of nitrogens with zero attached hydrogens (tertiary/aromatic N) is 4. The van der Waals surface area contributed by atoms with E-state index in [9.17, 15) is 0 Å². The van der Waals surface area contributed by atoms with Crippen LogP contribution in [-0.4, -0.2) is 19.5 Å². The second-order valence-corrected chi connectivity index (χ2v) is 12.9. The minimum absolute atomic E-state index is 0.439. The summed E-state index contributed by atoms with van der Waals surface area (Å²) in [6, 6.07) is 47.0. The SMILES string of the molecule is Clc1cc2c(cc1-c1nc(-c3cccc4oc5ccccc5c34)nc(-n3c4ccccc4c4ccccc43)n1)oc1c3ccccc3ccc21. The average molecular weight is 663 g/mol. The molecule has 50 heavy (non-hydrogen) atoms. The number of benzene rings is 7. The topological polar surface area (TPSA) is 69.9 Å². The average Bonchev–Trinajstić information content (AvgIpc) is 3.84. The van der Waals surface area contributed by atoms with Gasteiger partial charge in [-0.3, -0.25) is 4.57 Å². The van der Waals surface area contributed by atoms with E-state index in [2.05, 4.69) is 71.3 Å². The Balaban J connectivity index is 1.23. The van der Waals surface area contributed by atoms with Crippen molar-refractivity contribution in [1.82, 2.24) is 19.5 Å². The van der Waals surface area contributed by atoms with Crippen LogP contribution in [0.1, 0.15) is 0 Å². The van der Waals surface area contributed by atoms with Gasteiger partial charge in [0.25, 0.3) is 0 Å². The molecule has 0 N–H and O–H groups in total. The molecule has 0 spiro atoms. The fourth-order valence-corrected chi connectivity index (χ4v) is 7.75. The molecule has 0 unspecified atom stereocenters. The summed E-state index contributed by atoms with van der Waals surface area (Å²) in [4.78, 5) is 15.5. The third-order valence-corrected chi connectivity index (χ3v) is 10.1. The molecular formula is C43H23ClN4O2. The van der Waals surface area contributed by atoms with E-state index in [0.29, 0.717) is 33.8 Å². The summed E-state index contributed by atoms with van der Waals surface area (Å²) in [6.45, 7) is 0. The van der Waals surface area contributed by atoms with E-state index in [1.807, 2.05) is 72.8 Å². The normalized spacial score (nSPS) is 12.1. The molecule has 7 heteroatoms. The molecule has 7 aromatic carbocycles. The fourth-order valence-electron chi connectivity index (χ4n) is 7.50. The fraction of sp³-hybridized carbons (Fsp3) is 0. The molecule has 4 aromatic heterocycles. The summed E-state index contributed by atoms with van der Waals surface area (Å²) in [5.41, 5.74) is 6.58. The number of hydrogen-bond donors (Lipinski definition) is 0. The highest BCUT2D eigenvalue weighted by Crippen LogP contribution is 2.41. The minimum Gasteiger partial charge on any atom is -0.456 e. The van der Waals surface area contributed by atoms with E-state index < -0.39 is 0 Å². The maximum absolute atomic E-state index is 7.17. The van der Waals surface area contributed by atoms with Gasteiger partial charge in [-0.2, -0.15) is 9.97 Å². The van der Waals surface area contributed by atoms with Crippen LogP contribution in [0, 0.1) is 0 Å². The Morgan fingerprint density at radius 1 is 0.460 bits per heavy atom. The molecular weight excluding hydrogens is 640 g/mol. The van der Waals surface area contributed by atoms with Crippen molar-refractivity contribution in [1.29, 1.82) is 0 Å². The molecule has 0 fully saturated rings. The lowest BCUT2D eigenvalue weighted by molar-refractivity contribution is 0.669. The highest BCUT2D eigenvalue weighted by Gasteiger charge is 2.22. The standard InChI is InChI=1S/C43H23ClN4O2/c44-33-22-31-28-21-20-24-10-1-2-11-25(24)40(28)50-38(31)23-32(33)42-45-41(30-15-9-19-37-39(30)29-14-5-8-18-36(29)49-37)46-43(47-42)48-34-16-6-3-12-26(34)27-13-4-7-17-35(27)48/h1-23H. The summed E-state index contributed by atoms with van der Waals surface area (Å²) in [7, 11) is 0. The first kappa shape index (κ1) is 27.5. The highest BCUT2D eigenvalue weighted by molar-refractivity contribution is 6.34. The van der Waals surface area contributed by atoms with E-state index >= 15 is 0 Å². The van der Waals surface area contributed by atoms with Gasteiger partial charge in [0.2, 0.25) is 5.95 Å². The highest BCUT2D eigenvalue weighted by atomic mass is 35.5. The summed E-state index contributed by atoms with van der Waals surface area (Å²) in [5.74, 6) is 1.43. The van der Waals surface area contributed by atoms with Crippen molar-refractivity contribution in [2.75, 3.05) is 0 Å². The maximum atomic E-state index is 7.17. The van der Waals surface area contributed by atoms with Crippen molar-refractivity contribution in [3.8, 4) is 28.7 Å². The Kier molecular flexibility index (Phi) is 5.63. The smallest absolute Gasteiger partial charge is 0.238 e. The predicted octanol–water partition coefficient (Wildman–Crippen LogP) is 11.9. The van der Waals surface area contributed by atoms with Crippen molar-refractivity contribution in [2.45, 2.75) is 0 Å². The van der Waals surface area contributed by atoms with Crippen LogP contribution in [0.15, 0.2) is 148 Å². The Hall–Kier alpha value is -6.50. The third-order valence-electron chi connectivity index (χ3n) is 9.74. The number of hydrogen-bond acceptors (Lipinski definition) is 5. The summed E-state index contributed by atoms with van der Waals surface area (Å²) >= 11 is 7.17. The molecule has 0 saturated heterocycles. The van der Waals surface area contributed by atoms with Gasteiger partial charge in [-0.05, 0) is 47.9 Å². The molecule has 4 heterocycles. The van der Waals surface area contributed by atoms with E-state index in [4.69, 9.17) is 35.4 Å². The van der Waals surface area contributed by atoms with Crippen molar-refractivity contribution >= 4 is 88.1 Å². The molecule has 11 rings (SSSR count). The molecule has 11 aromatic rings. The van der Waals surface area contributed by atoms with Gasteiger partial charge in [-0.25, -0.2) is 4.98 Å². The van der Waals surface area contributed by atoms with Gasteiger partial charge in [-0.1, -0.05) is 109 Å². The number of para-hydroxylation sites is 3. The molecule has 0 atom stereocenters. The zero-order valence-electron chi connectivity index (χ0n) is 26.3. The van der Waals surface area contributed by atoms with E-state index in [-0.39, 0.29) is 0 Å². The van der Waals surface area contributed by atoms with Crippen molar-refractivity contribution in [2.24, 2.45) is 0 Å². The molecule has 0 bridgehead atoms. The van der Waals surface area contributed by atoms with Crippen LogP contribution in [-0.2, 0) is 0 Å². The zero-order chi connectivity index (χ0) is 32.9. The number of aromatic nitrogens is 4. The molecule has 0 aliphatic rings. The lowest BCUT2D eigenvalue weighted by Gasteiger charge is -2.12. The molecule has 0 amide bonds. The first-order valence-electron chi connectivity index (χ1n) is 16.4. The second-order valence-electron chi connectivity index (χ2n) is 12.5. The van der Waals surface area contributed by atoms with Gasteiger partial charge < -0.3 is 8.83 Å². The van der Waals surface area contributed by atoms with Crippen molar-refractivity contribution < 1.29 is 8.83 Å². The summed E-state index contributed by atoms with van der Waals surface area (Å²) < 4.78 is 14.9. The van der Waals surface area contributed by atoms with Crippen LogP contribution in [0.2, 0.25) is 5.02 Å². The quantitative estimate of drug-likeness (QED) is 0.188. The van der Waals surface area contributed by atoms with Gasteiger partial charge >= 0.3 is 0 Å². The zero-order valence-corrected chi connectivity index (χ0v) is 27.0. The van der Waals surface area contributed by atoms with Gasteiger partial charge in [0.1, 0.15) is 22.3 Å². The van der Waals surface area contributed by atoms with Crippen molar-refractivity contribution in [3.63, 3.8) is 0 Å². The van der Waals surface area contributed by atoms with Gasteiger partial charge in [0.05, 0.1) is 16.1 Å². The van der Waals surface area contributed by atoms with Crippen molar-refractivity contribution in [3.05, 3.63) is 145 Å². The van der Waals surface area contributed by atoms with Crippen LogP contribution >= 0.6 is 11.6 Å². The molecule has 0 aliphatic heterocycles. The molecule has 6 nitrogen and oxygen atoms in total. The first-order valence-corrected chi connectivity index (χ1v) is 16.8. The largest absolute Gasteiger partial charge is 0.456 e. The lowest BCUT2D eigenvalue weighted by Crippen LogP contribution is -2.06. The number of fused-ring (bicyclic) bond motifs is 11. The Morgan fingerprint density at radius 3 is 1.92 bits per heavy atom. The summed E-state index contributed by atoms with van der Waals surface area (Å²) in [6.07, 6.45) is 0. The first-order chi connectivity index (χ1) is 24.7. The van der Waals surface area contributed by atoms with Crippen LogP contribution in [0.3, 0.4) is 0 Å². The molecule has 0 radical (unpaired) electrons. The lowest BCUT2D eigenvalue weighted by atomic mass is 10.0. The molecule has 0 aliphatic carbocycles. The number of furan rings is 2. The van der Waals surface area contributed by atoms with E-state index in [1.54, 1.807) is 0 Å². The Bertz CT molecular complexity index is 3140. The second kappa shape index (κ2) is 10.3. The van der Waals surface area contributed by atoms with Crippen LogP contribution in [0.25, 0.3) is 105 Å². The third kappa shape index (κ3) is 3.88. The van der Waals surface area contributed by atoms with E-state index in [1.165, 1.54) is 0 Å². The van der Waals surface area contributed by atoms with E-state index in [0.717, 1.165) is 76.4 Å². The number of halogens is 1. The molecule has 234 valence electrons. The summed E-state index contributed by atoms with van der Waals surface area (Å²) in [5, 5.41) is 8.79. The van der Waals surface area contributed by atoms with Gasteiger partial charge in [-0.15, -0.1) is 0 Å². The van der Waals surface area contributed by atoms with Crippen LogP contribution < -0.4 is 0 Å². The maximum Gasteiger partial charge on any atom is 0.238 e. The number of rotatable bonds is 3. The van der Waals surface area contributed by atoms with Gasteiger partial charge in [0.15, 0.2) is 11.6 Å². The predicted molar refractivity (Wildman–Crippen MR) is 202 cm³/mol. The Morgan fingerprint density at radius 2 is 1.12 bits per heavy atom. The Labute approximate surface area is 288 Å². The minimum atomic E-state index is 0.439. The molecule has 0 saturated carbocycles.